The fourth-order valence-electron chi connectivity index (χ4n) is 4.13. The Labute approximate surface area is 220 Å². The van der Waals surface area contributed by atoms with Gasteiger partial charge in [0.25, 0.3) is 11.1 Å². The second-order valence-corrected chi connectivity index (χ2v) is 10.2. The first kappa shape index (κ1) is 24.3. The zero-order valence-electron chi connectivity index (χ0n) is 19.2. The number of hydrogen-bond donors (Lipinski definition) is 0. The number of fused-ring (bicyclic) bond motifs is 1. The lowest BCUT2D eigenvalue weighted by Gasteiger charge is -2.12. The molecule has 36 heavy (non-hydrogen) atoms. The second kappa shape index (κ2) is 10.7. The van der Waals surface area contributed by atoms with Gasteiger partial charge in [-0.3, -0.25) is 14.5 Å². The van der Waals surface area contributed by atoms with Crippen molar-refractivity contribution in [2.24, 2.45) is 0 Å². The predicted octanol–water partition coefficient (Wildman–Crippen LogP) is 6.90. The lowest BCUT2D eigenvalue weighted by Crippen LogP contribution is -2.30. The number of carbonyl (C=O) groups excluding carboxylic acids is 2. The minimum Gasteiger partial charge on any atom is -0.489 e. The maximum atomic E-state index is 13.9. The number of thioether (sulfide) groups is 1. The van der Waals surface area contributed by atoms with Gasteiger partial charge in [-0.15, -0.1) is 0 Å². The highest BCUT2D eigenvalue weighted by Gasteiger charge is 2.34. The van der Waals surface area contributed by atoms with Crippen molar-refractivity contribution in [1.82, 2.24) is 9.47 Å². The summed E-state index contributed by atoms with van der Waals surface area (Å²) in [6.07, 6.45) is 4.32. The summed E-state index contributed by atoms with van der Waals surface area (Å²) in [6.45, 7) is 1.10. The molecule has 3 aromatic carbocycles. The van der Waals surface area contributed by atoms with Crippen LogP contribution in [0.4, 0.5) is 9.18 Å². The number of para-hydroxylation sites is 1. The Morgan fingerprint density at radius 3 is 2.56 bits per heavy atom. The smallest absolute Gasteiger partial charge is 0.293 e. The molecule has 2 heterocycles. The standard InChI is InChI=1S/C28H22BrFN2O3S/c29-21-10-11-24-22(17-21)20(18-31(24)14-15-35-25-9-5-4-8-23(25)30)16-26-27(33)32(28(34)36-26)13-12-19-6-2-1-3-7-19/h1-11,16-18H,12-15H2/b26-16-. The number of amides is 2. The van der Waals surface area contributed by atoms with Crippen LogP contribution in [0.3, 0.4) is 0 Å². The Bertz CT molecular complexity index is 1470. The molecular formula is C28H22BrFN2O3S. The summed E-state index contributed by atoms with van der Waals surface area (Å²) in [6, 6.07) is 22.0. The van der Waals surface area contributed by atoms with Gasteiger partial charge in [0.1, 0.15) is 6.61 Å². The normalized spacial score (nSPS) is 14.8. The second-order valence-electron chi connectivity index (χ2n) is 8.29. The highest BCUT2D eigenvalue weighted by atomic mass is 79.9. The van der Waals surface area contributed by atoms with E-state index in [9.17, 15) is 14.0 Å². The van der Waals surface area contributed by atoms with E-state index in [2.05, 4.69) is 15.9 Å². The van der Waals surface area contributed by atoms with Gasteiger partial charge in [0.15, 0.2) is 11.6 Å². The predicted molar refractivity (Wildman–Crippen MR) is 144 cm³/mol. The third kappa shape index (κ3) is 5.24. The molecule has 0 atom stereocenters. The molecule has 0 unspecified atom stereocenters. The molecule has 0 saturated carbocycles. The molecule has 0 radical (unpaired) electrons. The van der Waals surface area contributed by atoms with Crippen LogP contribution in [0.2, 0.25) is 0 Å². The van der Waals surface area contributed by atoms with E-state index in [0.717, 1.165) is 38.3 Å². The molecule has 0 N–H and O–H groups in total. The van der Waals surface area contributed by atoms with E-state index in [1.807, 2.05) is 59.3 Å². The van der Waals surface area contributed by atoms with E-state index < -0.39 is 5.82 Å². The Kier molecular flexibility index (Phi) is 7.25. The van der Waals surface area contributed by atoms with Crippen LogP contribution >= 0.6 is 27.7 Å². The van der Waals surface area contributed by atoms with Crippen molar-refractivity contribution in [2.75, 3.05) is 13.2 Å². The average Bonchev–Trinajstić information content (AvgIpc) is 3.35. The summed E-state index contributed by atoms with van der Waals surface area (Å²) >= 11 is 4.48. The maximum Gasteiger partial charge on any atom is 0.293 e. The first-order chi connectivity index (χ1) is 17.5. The molecular weight excluding hydrogens is 543 g/mol. The number of nitrogens with zero attached hydrogens (tertiary/aromatic N) is 2. The SMILES string of the molecule is O=C1S/C(=C\c2cn(CCOc3ccccc3F)c3ccc(Br)cc23)C(=O)N1CCc1ccccc1. The van der Waals surface area contributed by atoms with Crippen molar-refractivity contribution in [3.63, 3.8) is 0 Å². The fourth-order valence-corrected chi connectivity index (χ4v) is 5.35. The summed E-state index contributed by atoms with van der Waals surface area (Å²) in [5.74, 6) is -0.469. The topological polar surface area (TPSA) is 51.5 Å². The molecule has 4 aromatic rings. The quantitative estimate of drug-likeness (QED) is 0.218. The van der Waals surface area contributed by atoms with Crippen molar-refractivity contribution in [2.45, 2.75) is 13.0 Å². The van der Waals surface area contributed by atoms with Gasteiger partial charge in [0.2, 0.25) is 0 Å². The van der Waals surface area contributed by atoms with Crippen LogP contribution in [0, 0.1) is 5.82 Å². The summed E-state index contributed by atoms with van der Waals surface area (Å²) < 4.78 is 22.4. The Morgan fingerprint density at radius 2 is 1.75 bits per heavy atom. The molecule has 1 fully saturated rings. The van der Waals surface area contributed by atoms with E-state index in [1.165, 1.54) is 11.0 Å². The molecule has 1 aliphatic heterocycles. The molecule has 0 aliphatic carbocycles. The Morgan fingerprint density at radius 1 is 0.972 bits per heavy atom. The van der Waals surface area contributed by atoms with Crippen LogP contribution in [0.5, 0.6) is 5.75 Å². The number of rotatable bonds is 8. The van der Waals surface area contributed by atoms with Gasteiger partial charge in [-0.2, -0.15) is 0 Å². The average molecular weight is 565 g/mol. The van der Waals surface area contributed by atoms with Gasteiger partial charge in [-0.25, -0.2) is 4.39 Å². The number of ether oxygens (including phenoxy) is 1. The minimum absolute atomic E-state index is 0.209. The number of halogens is 2. The van der Waals surface area contributed by atoms with Crippen molar-refractivity contribution in [3.8, 4) is 5.75 Å². The summed E-state index contributed by atoms with van der Waals surface area (Å²) in [5.41, 5.74) is 2.85. The molecule has 2 amide bonds. The van der Waals surface area contributed by atoms with Gasteiger partial charge in [-0.05, 0) is 60.2 Å². The van der Waals surface area contributed by atoms with E-state index >= 15 is 0 Å². The third-order valence-electron chi connectivity index (χ3n) is 5.93. The number of carbonyl (C=O) groups is 2. The zero-order valence-corrected chi connectivity index (χ0v) is 21.6. The van der Waals surface area contributed by atoms with E-state index in [-0.39, 0.29) is 23.5 Å². The summed E-state index contributed by atoms with van der Waals surface area (Å²) in [4.78, 5) is 27.4. The van der Waals surface area contributed by atoms with Crippen LogP contribution < -0.4 is 4.74 Å². The number of benzene rings is 3. The lowest BCUT2D eigenvalue weighted by molar-refractivity contribution is -0.122. The van der Waals surface area contributed by atoms with E-state index in [1.54, 1.807) is 24.3 Å². The molecule has 1 aromatic heterocycles. The number of hydrogen-bond acceptors (Lipinski definition) is 4. The van der Waals surface area contributed by atoms with Gasteiger partial charge < -0.3 is 9.30 Å². The molecule has 0 bridgehead atoms. The van der Waals surface area contributed by atoms with Crippen molar-refractivity contribution >= 4 is 55.8 Å². The first-order valence-electron chi connectivity index (χ1n) is 11.4. The van der Waals surface area contributed by atoms with Crippen LogP contribution in [-0.2, 0) is 17.8 Å². The molecule has 5 rings (SSSR count). The van der Waals surface area contributed by atoms with Crippen LogP contribution in [0.1, 0.15) is 11.1 Å². The molecule has 1 aliphatic rings. The Hall–Kier alpha value is -3.36. The van der Waals surface area contributed by atoms with Crippen molar-refractivity contribution in [1.29, 1.82) is 0 Å². The third-order valence-corrected chi connectivity index (χ3v) is 7.33. The van der Waals surface area contributed by atoms with Gasteiger partial charge in [-0.1, -0.05) is 58.4 Å². The monoisotopic (exact) mass is 564 g/mol. The van der Waals surface area contributed by atoms with Crippen LogP contribution in [0.15, 0.2) is 88.4 Å². The largest absolute Gasteiger partial charge is 0.489 e. The Balaban J connectivity index is 1.36. The molecule has 8 heteroatoms. The molecule has 182 valence electrons. The zero-order chi connectivity index (χ0) is 25.1. The fraction of sp³-hybridized carbons (Fsp3) is 0.143. The van der Waals surface area contributed by atoms with Gasteiger partial charge in [0.05, 0.1) is 11.4 Å². The number of aromatic nitrogens is 1. The van der Waals surface area contributed by atoms with Crippen LogP contribution in [-0.4, -0.2) is 33.8 Å². The van der Waals surface area contributed by atoms with Crippen molar-refractivity contribution < 1.29 is 18.7 Å². The highest BCUT2D eigenvalue weighted by Crippen LogP contribution is 2.35. The molecule has 0 spiro atoms. The first-order valence-corrected chi connectivity index (χ1v) is 13.1. The van der Waals surface area contributed by atoms with Gasteiger partial charge >= 0.3 is 0 Å². The minimum atomic E-state index is -0.400. The highest BCUT2D eigenvalue weighted by molar-refractivity contribution is 9.10. The maximum absolute atomic E-state index is 13.9. The van der Waals surface area contributed by atoms with Crippen molar-refractivity contribution in [3.05, 3.63) is 105 Å². The molecule has 5 nitrogen and oxygen atoms in total. The van der Waals surface area contributed by atoms with Gasteiger partial charge in [0, 0.05) is 33.7 Å². The number of imide groups is 1. The van der Waals surface area contributed by atoms with E-state index in [0.29, 0.717) is 24.4 Å². The summed E-state index contributed by atoms with van der Waals surface area (Å²) in [7, 11) is 0. The lowest BCUT2D eigenvalue weighted by atomic mass is 10.1. The van der Waals surface area contributed by atoms with E-state index in [4.69, 9.17) is 4.74 Å². The summed E-state index contributed by atoms with van der Waals surface area (Å²) in [5, 5.41) is 0.678. The van der Waals surface area contributed by atoms with Crippen LogP contribution in [0.25, 0.3) is 17.0 Å². The molecule has 1 saturated heterocycles.